The van der Waals surface area contributed by atoms with Gasteiger partial charge in [0, 0.05) is 5.39 Å². The molecule has 4 aromatic carbocycles. The number of amides is 1. The molecule has 1 heterocycles. The van der Waals surface area contributed by atoms with Crippen LogP contribution in [0.15, 0.2) is 109 Å². The number of carbonyl (C=O) groups is 2. The highest BCUT2D eigenvalue weighted by atomic mass is 16.5. The zero-order chi connectivity index (χ0) is 24.9. The van der Waals surface area contributed by atoms with Crippen LogP contribution >= 0.6 is 0 Å². The van der Waals surface area contributed by atoms with E-state index in [0.29, 0.717) is 22.5 Å². The smallest absolute Gasteiger partial charge is 0.338 e. The molecule has 0 aliphatic carbocycles. The maximum atomic E-state index is 13.3. The van der Waals surface area contributed by atoms with E-state index in [1.54, 1.807) is 24.3 Å². The number of hydrogen-bond acceptors (Lipinski definition) is 4. The molecule has 176 valence electrons. The summed E-state index contributed by atoms with van der Waals surface area (Å²) in [6, 6.07) is 34.0. The molecule has 0 spiro atoms. The highest BCUT2D eigenvalue weighted by Crippen LogP contribution is 2.27. The summed E-state index contributed by atoms with van der Waals surface area (Å²) in [5.41, 5.74) is 5.38. The van der Waals surface area contributed by atoms with Crippen LogP contribution in [-0.4, -0.2) is 16.9 Å². The summed E-state index contributed by atoms with van der Waals surface area (Å²) < 4.78 is 5.43. The van der Waals surface area contributed by atoms with Crippen LogP contribution < -0.4 is 5.32 Å². The van der Waals surface area contributed by atoms with Crippen LogP contribution in [0.4, 0.5) is 5.82 Å². The van der Waals surface area contributed by atoms with Gasteiger partial charge in [0.05, 0.1) is 16.6 Å². The molecule has 0 saturated heterocycles. The highest BCUT2D eigenvalue weighted by Gasteiger charge is 2.16. The number of benzene rings is 4. The summed E-state index contributed by atoms with van der Waals surface area (Å²) in [4.78, 5) is 30.4. The van der Waals surface area contributed by atoms with Gasteiger partial charge in [-0.15, -0.1) is 0 Å². The summed E-state index contributed by atoms with van der Waals surface area (Å²) in [6.45, 7) is 2.14. The zero-order valence-electron chi connectivity index (χ0n) is 19.8. The Hall–Kier alpha value is -4.77. The average molecular weight is 473 g/mol. The second-order valence-corrected chi connectivity index (χ2v) is 8.48. The van der Waals surface area contributed by atoms with Crippen LogP contribution in [0.1, 0.15) is 31.8 Å². The maximum absolute atomic E-state index is 13.3. The van der Waals surface area contributed by atoms with Crippen molar-refractivity contribution < 1.29 is 14.3 Å². The first-order valence-electron chi connectivity index (χ1n) is 11.7. The number of aromatic nitrogens is 1. The van der Waals surface area contributed by atoms with Crippen molar-refractivity contribution in [3.63, 3.8) is 0 Å². The number of nitrogens with one attached hydrogen (secondary N) is 1. The Morgan fingerprint density at radius 1 is 0.806 bits per heavy atom. The number of pyridine rings is 1. The largest absolute Gasteiger partial charge is 0.457 e. The van der Waals surface area contributed by atoms with Gasteiger partial charge in [0.15, 0.2) is 0 Å². The van der Waals surface area contributed by atoms with Crippen molar-refractivity contribution in [3.05, 3.63) is 131 Å². The molecule has 1 aromatic heterocycles. The number of aryl methyl sites for hydroxylation is 1. The van der Waals surface area contributed by atoms with Gasteiger partial charge < -0.3 is 10.1 Å². The molecule has 1 N–H and O–H groups in total. The summed E-state index contributed by atoms with van der Waals surface area (Å²) in [5.74, 6) is -0.180. The van der Waals surface area contributed by atoms with E-state index in [1.807, 2.05) is 91.9 Å². The third-order valence-electron chi connectivity index (χ3n) is 5.96. The molecule has 5 rings (SSSR count). The molecule has 0 aliphatic heterocycles. The Kier molecular flexibility index (Phi) is 6.54. The predicted molar refractivity (Wildman–Crippen MR) is 142 cm³/mol. The molecule has 0 radical (unpaired) electrons. The Morgan fingerprint density at radius 2 is 1.56 bits per heavy atom. The van der Waals surface area contributed by atoms with Crippen LogP contribution in [0.2, 0.25) is 0 Å². The van der Waals surface area contributed by atoms with Gasteiger partial charge in [0.1, 0.15) is 12.4 Å². The van der Waals surface area contributed by atoms with Gasteiger partial charge in [-0.25, -0.2) is 9.78 Å². The number of nitrogens with zero attached hydrogens (tertiary/aromatic N) is 1. The van der Waals surface area contributed by atoms with Gasteiger partial charge in [-0.1, -0.05) is 78.9 Å². The SMILES string of the molecule is Cc1cccc(-c2ccccc2)c1C(=O)Nc1ccc2cc(C(=O)OCc3ccccc3)ccc2n1. The van der Waals surface area contributed by atoms with Crippen molar-refractivity contribution in [2.45, 2.75) is 13.5 Å². The molecule has 36 heavy (non-hydrogen) atoms. The molecule has 5 nitrogen and oxygen atoms in total. The van der Waals surface area contributed by atoms with Gasteiger partial charge in [0.25, 0.3) is 5.91 Å². The van der Waals surface area contributed by atoms with Crippen molar-refractivity contribution in [2.75, 3.05) is 5.32 Å². The van der Waals surface area contributed by atoms with E-state index in [0.717, 1.165) is 27.6 Å². The fourth-order valence-corrected chi connectivity index (χ4v) is 4.13. The van der Waals surface area contributed by atoms with E-state index < -0.39 is 5.97 Å². The van der Waals surface area contributed by atoms with Gasteiger partial charge in [-0.3, -0.25) is 4.79 Å². The van der Waals surface area contributed by atoms with Crippen LogP contribution in [0.3, 0.4) is 0 Å². The molecule has 0 fully saturated rings. The Bertz CT molecular complexity index is 1550. The lowest BCUT2D eigenvalue weighted by molar-refractivity contribution is 0.0473. The van der Waals surface area contributed by atoms with Crippen LogP contribution in [0, 0.1) is 6.92 Å². The number of carbonyl (C=O) groups excluding carboxylic acids is 2. The molecule has 0 aliphatic rings. The fraction of sp³-hybridized carbons (Fsp3) is 0.0645. The first-order chi connectivity index (χ1) is 17.6. The molecule has 0 saturated carbocycles. The third kappa shape index (κ3) is 5.00. The van der Waals surface area contributed by atoms with Crippen LogP contribution in [0.5, 0.6) is 0 Å². The van der Waals surface area contributed by atoms with E-state index in [1.165, 1.54) is 0 Å². The summed E-state index contributed by atoms with van der Waals surface area (Å²) >= 11 is 0. The fourth-order valence-electron chi connectivity index (χ4n) is 4.13. The number of ether oxygens (including phenoxy) is 1. The first kappa shape index (κ1) is 23.0. The molecular formula is C31H24N2O3. The number of esters is 1. The normalized spacial score (nSPS) is 10.7. The zero-order valence-corrected chi connectivity index (χ0v) is 19.8. The van der Waals surface area contributed by atoms with Gasteiger partial charge >= 0.3 is 5.97 Å². The monoisotopic (exact) mass is 472 g/mol. The van der Waals surface area contributed by atoms with Crippen LogP contribution in [0.25, 0.3) is 22.0 Å². The Balaban J connectivity index is 1.34. The van der Waals surface area contributed by atoms with Crippen molar-refractivity contribution in [2.24, 2.45) is 0 Å². The molecule has 5 heteroatoms. The highest BCUT2D eigenvalue weighted by molar-refractivity contribution is 6.09. The van der Waals surface area contributed by atoms with E-state index >= 15 is 0 Å². The van der Waals surface area contributed by atoms with Crippen molar-refractivity contribution >= 4 is 28.6 Å². The van der Waals surface area contributed by atoms with Gasteiger partial charge in [-0.05, 0) is 59.5 Å². The Morgan fingerprint density at radius 3 is 2.33 bits per heavy atom. The van der Waals surface area contributed by atoms with Crippen molar-refractivity contribution in [1.29, 1.82) is 0 Å². The first-order valence-corrected chi connectivity index (χ1v) is 11.7. The van der Waals surface area contributed by atoms with Crippen LogP contribution in [-0.2, 0) is 11.3 Å². The molecule has 0 atom stereocenters. The molecule has 0 bridgehead atoms. The third-order valence-corrected chi connectivity index (χ3v) is 5.96. The summed E-state index contributed by atoms with van der Waals surface area (Å²) in [7, 11) is 0. The predicted octanol–water partition coefficient (Wildman–Crippen LogP) is 6.82. The van der Waals surface area contributed by atoms with E-state index in [-0.39, 0.29) is 12.5 Å². The second-order valence-electron chi connectivity index (χ2n) is 8.48. The quantitative estimate of drug-likeness (QED) is 0.275. The van der Waals surface area contributed by atoms with Crippen molar-refractivity contribution in [1.82, 2.24) is 4.98 Å². The lowest BCUT2D eigenvalue weighted by atomic mass is 9.95. The van der Waals surface area contributed by atoms with Crippen molar-refractivity contribution in [3.8, 4) is 11.1 Å². The standard InChI is InChI=1S/C31H24N2O3/c1-21-9-8-14-26(23-12-6-3-7-13-23)29(21)30(34)33-28-18-16-24-19-25(15-17-27(24)32-28)31(35)36-20-22-10-4-2-5-11-22/h2-19H,20H2,1H3,(H,32,33,34). The minimum atomic E-state index is -0.397. The number of fused-ring (bicyclic) bond motifs is 1. The maximum Gasteiger partial charge on any atom is 0.338 e. The van der Waals surface area contributed by atoms with Gasteiger partial charge in [-0.2, -0.15) is 0 Å². The molecule has 5 aromatic rings. The minimum absolute atomic E-state index is 0.213. The van der Waals surface area contributed by atoms with E-state index in [2.05, 4.69) is 10.3 Å². The summed E-state index contributed by atoms with van der Waals surface area (Å²) in [6.07, 6.45) is 0. The van der Waals surface area contributed by atoms with E-state index in [4.69, 9.17) is 4.74 Å². The number of anilines is 1. The number of rotatable bonds is 6. The Labute approximate surface area is 209 Å². The molecule has 0 unspecified atom stereocenters. The lowest BCUT2D eigenvalue weighted by Crippen LogP contribution is -2.15. The average Bonchev–Trinajstić information content (AvgIpc) is 2.92. The van der Waals surface area contributed by atoms with E-state index in [9.17, 15) is 9.59 Å². The molecular weight excluding hydrogens is 448 g/mol. The molecule has 1 amide bonds. The topological polar surface area (TPSA) is 68.3 Å². The lowest BCUT2D eigenvalue weighted by Gasteiger charge is -2.13. The summed E-state index contributed by atoms with van der Waals surface area (Å²) in [5, 5.41) is 3.72. The number of hydrogen-bond donors (Lipinski definition) is 1. The van der Waals surface area contributed by atoms with Gasteiger partial charge in [0.2, 0.25) is 0 Å². The minimum Gasteiger partial charge on any atom is -0.457 e. The second kappa shape index (κ2) is 10.2.